The minimum Gasteiger partial charge on any atom is -0.497 e. The molecule has 0 aliphatic heterocycles. The number of methoxy groups -OCH3 is 2. The Morgan fingerprint density at radius 2 is 1.87 bits per heavy atom. The van der Waals surface area contributed by atoms with Gasteiger partial charge in [-0.3, -0.25) is 4.79 Å². The zero-order chi connectivity index (χ0) is 22.6. The van der Waals surface area contributed by atoms with Gasteiger partial charge in [0.2, 0.25) is 15.0 Å². The Labute approximate surface area is 185 Å². The van der Waals surface area contributed by atoms with Crippen LogP contribution in [0, 0.1) is 6.92 Å². The molecule has 1 amide bonds. The standard InChI is InChI=1S/C21H20ClN3O5S/c1-13-6-4-5-7-14(13)12-31(27,28)21-23-11-16(19(22)25-21)20(26)24-17-10-15(29-2)8-9-18(17)30-3/h4-11H,12H2,1-3H3,(H,24,26). The number of halogens is 1. The zero-order valence-corrected chi connectivity index (χ0v) is 18.6. The first-order chi connectivity index (χ1) is 14.7. The van der Waals surface area contributed by atoms with Crippen LogP contribution in [-0.2, 0) is 15.6 Å². The Bertz CT molecular complexity index is 1230. The van der Waals surface area contributed by atoms with Crippen LogP contribution < -0.4 is 14.8 Å². The van der Waals surface area contributed by atoms with Crippen LogP contribution in [0.25, 0.3) is 0 Å². The summed E-state index contributed by atoms with van der Waals surface area (Å²) in [5.41, 5.74) is 1.73. The molecule has 31 heavy (non-hydrogen) atoms. The van der Waals surface area contributed by atoms with Crippen LogP contribution in [0.4, 0.5) is 5.69 Å². The summed E-state index contributed by atoms with van der Waals surface area (Å²) in [6.45, 7) is 1.82. The summed E-state index contributed by atoms with van der Waals surface area (Å²) in [6, 6.07) is 12.0. The van der Waals surface area contributed by atoms with E-state index in [-0.39, 0.29) is 16.5 Å². The van der Waals surface area contributed by atoms with Gasteiger partial charge in [-0.15, -0.1) is 0 Å². The number of carbonyl (C=O) groups is 1. The van der Waals surface area contributed by atoms with Crippen molar-refractivity contribution in [3.05, 3.63) is 70.5 Å². The van der Waals surface area contributed by atoms with E-state index in [0.29, 0.717) is 22.7 Å². The van der Waals surface area contributed by atoms with Gasteiger partial charge in [0, 0.05) is 12.3 Å². The number of ether oxygens (including phenoxy) is 2. The molecule has 0 radical (unpaired) electrons. The third kappa shape index (κ3) is 5.12. The number of hydrogen-bond acceptors (Lipinski definition) is 7. The smallest absolute Gasteiger partial charge is 0.260 e. The van der Waals surface area contributed by atoms with Crippen molar-refractivity contribution in [3.63, 3.8) is 0 Å². The maximum absolute atomic E-state index is 12.7. The first kappa shape index (κ1) is 22.5. The van der Waals surface area contributed by atoms with Crippen LogP contribution in [0.1, 0.15) is 21.5 Å². The van der Waals surface area contributed by atoms with Crippen molar-refractivity contribution in [1.29, 1.82) is 0 Å². The van der Waals surface area contributed by atoms with Crippen LogP contribution >= 0.6 is 11.6 Å². The largest absolute Gasteiger partial charge is 0.497 e. The molecule has 8 nitrogen and oxygen atoms in total. The van der Waals surface area contributed by atoms with E-state index >= 15 is 0 Å². The third-order valence-corrected chi connectivity index (χ3v) is 6.24. The molecule has 0 aliphatic carbocycles. The molecular formula is C21H20ClN3O5S. The maximum Gasteiger partial charge on any atom is 0.260 e. The summed E-state index contributed by atoms with van der Waals surface area (Å²) in [4.78, 5) is 20.4. The Balaban J connectivity index is 1.85. The van der Waals surface area contributed by atoms with Gasteiger partial charge in [0.1, 0.15) is 16.7 Å². The molecule has 10 heteroatoms. The number of sulfone groups is 1. The highest BCUT2D eigenvalue weighted by molar-refractivity contribution is 7.90. The van der Waals surface area contributed by atoms with E-state index < -0.39 is 20.9 Å². The van der Waals surface area contributed by atoms with Crippen LogP contribution in [-0.4, -0.2) is 38.5 Å². The van der Waals surface area contributed by atoms with E-state index in [1.54, 1.807) is 30.3 Å². The monoisotopic (exact) mass is 461 g/mol. The number of nitrogens with zero attached hydrogens (tertiary/aromatic N) is 2. The average Bonchev–Trinajstić information content (AvgIpc) is 2.75. The van der Waals surface area contributed by atoms with Crippen molar-refractivity contribution in [2.24, 2.45) is 0 Å². The van der Waals surface area contributed by atoms with Crippen molar-refractivity contribution in [2.45, 2.75) is 17.8 Å². The Morgan fingerprint density at radius 3 is 2.52 bits per heavy atom. The minimum absolute atomic E-state index is 0.0821. The average molecular weight is 462 g/mol. The van der Waals surface area contributed by atoms with Crippen molar-refractivity contribution in [2.75, 3.05) is 19.5 Å². The Morgan fingerprint density at radius 1 is 1.13 bits per heavy atom. The molecular weight excluding hydrogens is 442 g/mol. The number of aromatic nitrogens is 2. The second kappa shape index (κ2) is 9.32. The summed E-state index contributed by atoms with van der Waals surface area (Å²) >= 11 is 6.13. The van der Waals surface area contributed by atoms with Crippen LogP contribution in [0.15, 0.2) is 53.8 Å². The molecule has 0 unspecified atom stereocenters. The lowest BCUT2D eigenvalue weighted by Gasteiger charge is -2.12. The van der Waals surface area contributed by atoms with Gasteiger partial charge in [-0.2, -0.15) is 0 Å². The molecule has 3 rings (SSSR count). The van der Waals surface area contributed by atoms with Crippen LogP contribution in [0.5, 0.6) is 11.5 Å². The van der Waals surface area contributed by atoms with Gasteiger partial charge >= 0.3 is 0 Å². The predicted molar refractivity (Wildman–Crippen MR) is 117 cm³/mol. The number of rotatable bonds is 7. The van der Waals surface area contributed by atoms with Crippen LogP contribution in [0.2, 0.25) is 5.15 Å². The molecule has 1 aromatic heterocycles. The highest BCUT2D eigenvalue weighted by Gasteiger charge is 2.23. The lowest BCUT2D eigenvalue weighted by Crippen LogP contribution is -2.17. The topological polar surface area (TPSA) is 107 Å². The SMILES string of the molecule is COc1ccc(OC)c(NC(=O)c2cnc(S(=O)(=O)Cc3ccccc3C)nc2Cl)c1. The number of anilines is 1. The number of aryl methyl sites for hydroxylation is 1. The normalized spacial score (nSPS) is 11.1. The number of carbonyl (C=O) groups excluding carboxylic acids is 1. The molecule has 1 heterocycles. The molecule has 162 valence electrons. The fourth-order valence-corrected chi connectivity index (χ4v) is 4.36. The molecule has 2 aromatic carbocycles. The number of amides is 1. The van der Waals surface area contributed by atoms with Crippen molar-refractivity contribution in [1.82, 2.24) is 9.97 Å². The fraction of sp³-hybridized carbons (Fsp3) is 0.190. The highest BCUT2D eigenvalue weighted by Crippen LogP contribution is 2.30. The Kier molecular flexibility index (Phi) is 6.77. The van der Waals surface area contributed by atoms with Gasteiger partial charge < -0.3 is 14.8 Å². The van der Waals surface area contributed by atoms with E-state index in [9.17, 15) is 13.2 Å². The fourth-order valence-electron chi connectivity index (χ4n) is 2.79. The second-order valence-electron chi connectivity index (χ2n) is 6.56. The summed E-state index contributed by atoms with van der Waals surface area (Å²) < 4.78 is 35.8. The van der Waals surface area contributed by atoms with Gasteiger partial charge in [0.05, 0.1) is 31.2 Å². The third-order valence-electron chi connectivity index (χ3n) is 4.50. The van der Waals surface area contributed by atoms with Gasteiger partial charge in [-0.1, -0.05) is 35.9 Å². The summed E-state index contributed by atoms with van der Waals surface area (Å²) in [7, 11) is -0.900. The van der Waals surface area contributed by atoms with Gasteiger partial charge in [0.15, 0.2) is 0 Å². The van der Waals surface area contributed by atoms with Gasteiger partial charge in [0.25, 0.3) is 5.91 Å². The van der Waals surface area contributed by atoms with E-state index in [0.717, 1.165) is 11.8 Å². The summed E-state index contributed by atoms with van der Waals surface area (Å²) in [5.74, 6) is 0.0156. The highest BCUT2D eigenvalue weighted by atomic mass is 35.5. The maximum atomic E-state index is 12.7. The van der Waals surface area contributed by atoms with Crippen LogP contribution in [0.3, 0.4) is 0 Å². The van der Waals surface area contributed by atoms with E-state index in [4.69, 9.17) is 21.1 Å². The molecule has 0 fully saturated rings. The first-order valence-electron chi connectivity index (χ1n) is 9.08. The first-order valence-corrected chi connectivity index (χ1v) is 11.1. The molecule has 0 saturated carbocycles. The molecule has 0 spiro atoms. The van der Waals surface area contributed by atoms with Crippen molar-refractivity contribution in [3.8, 4) is 11.5 Å². The lowest BCUT2D eigenvalue weighted by atomic mass is 10.1. The quantitative estimate of drug-likeness (QED) is 0.422. The lowest BCUT2D eigenvalue weighted by molar-refractivity contribution is 0.102. The molecule has 0 saturated heterocycles. The number of nitrogens with one attached hydrogen (secondary N) is 1. The predicted octanol–water partition coefficient (Wildman–Crippen LogP) is 3.68. The van der Waals surface area contributed by atoms with Crippen molar-refractivity contribution < 1.29 is 22.7 Å². The Hall–Kier alpha value is -3.17. The molecule has 0 atom stereocenters. The summed E-state index contributed by atoms with van der Waals surface area (Å²) in [5, 5.41) is 1.91. The number of benzene rings is 2. The molecule has 0 bridgehead atoms. The zero-order valence-electron chi connectivity index (χ0n) is 17.0. The molecule has 0 aliphatic rings. The second-order valence-corrected chi connectivity index (χ2v) is 8.80. The summed E-state index contributed by atoms with van der Waals surface area (Å²) in [6.07, 6.45) is 1.09. The molecule has 3 aromatic rings. The molecule has 1 N–H and O–H groups in total. The van der Waals surface area contributed by atoms with Crippen molar-refractivity contribution >= 4 is 33.0 Å². The van der Waals surface area contributed by atoms with E-state index in [2.05, 4.69) is 15.3 Å². The number of hydrogen-bond donors (Lipinski definition) is 1. The van der Waals surface area contributed by atoms with Gasteiger partial charge in [-0.05, 0) is 30.2 Å². The minimum atomic E-state index is -3.85. The van der Waals surface area contributed by atoms with E-state index in [1.807, 2.05) is 19.1 Å². The van der Waals surface area contributed by atoms with E-state index in [1.165, 1.54) is 14.2 Å². The van der Waals surface area contributed by atoms with Gasteiger partial charge in [-0.25, -0.2) is 18.4 Å².